The molecule has 0 bridgehead atoms. The third kappa shape index (κ3) is 2.56. The van der Waals surface area contributed by atoms with Crippen molar-refractivity contribution >= 4 is 0 Å². The maximum Gasteiger partial charge on any atom is 0.0938 e. The molecule has 0 radical (unpaired) electrons. The fourth-order valence-electron chi connectivity index (χ4n) is 0.633. The maximum absolute atomic E-state index is 9.18. The van der Waals surface area contributed by atoms with Gasteiger partial charge in [-0.05, 0) is 12.8 Å². The Kier molecular flexibility index (Phi) is 3.39. The van der Waals surface area contributed by atoms with Gasteiger partial charge in [-0.15, -0.1) is 0 Å². The fraction of sp³-hybridized carbons (Fsp3) is 1.00. The molecule has 0 saturated heterocycles. The highest BCUT2D eigenvalue weighted by atomic mass is 16.3. The zero-order chi connectivity index (χ0) is 7.44. The molecule has 3 nitrogen and oxygen atoms in total. The number of rotatable bonds is 3. The molecule has 0 heterocycles. The molecule has 54 valence electrons. The van der Waals surface area contributed by atoms with Gasteiger partial charge in [0.05, 0.1) is 12.1 Å². The monoisotopic (exact) mass is 130 g/mol. The van der Waals surface area contributed by atoms with Crippen LogP contribution in [0.25, 0.3) is 0 Å². The Morgan fingerprint density at radius 3 is 1.89 bits per heavy atom. The van der Waals surface area contributed by atoms with Crippen molar-refractivity contribution in [2.75, 3.05) is 0 Å². The van der Waals surface area contributed by atoms with Crippen molar-refractivity contribution in [2.45, 2.75) is 32.9 Å². The average Bonchev–Trinajstić information content (AvgIpc) is 1.84. The second-order valence-corrected chi connectivity index (χ2v) is 2.60. The van der Waals surface area contributed by atoms with E-state index in [1.807, 2.05) is 13.8 Å². The molecule has 0 aromatic carbocycles. The number of nitrogens with zero attached hydrogens (tertiary/aromatic N) is 1. The first-order valence-corrected chi connectivity index (χ1v) is 3.14. The third-order valence-corrected chi connectivity index (χ3v) is 1.38. The summed E-state index contributed by atoms with van der Waals surface area (Å²) in [6, 6.07) is -0.259. The van der Waals surface area contributed by atoms with Crippen molar-refractivity contribution in [3.8, 4) is 0 Å². The lowest BCUT2D eigenvalue weighted by molar-refractivity contribution is 0.101. The second-order valence-electron chi connectivity index (χ2n) is 2.60. The van der Waals surface area contributed by atoms with E-state index in [-0.39, 0.29) is 12.0 Å². The van der Waals surface area contributed by atoms with Gasteiger partial charge in [-0.2, -0.15) is 5.11 Å². The summed E-state index contributed by atoms with van der Waals surface area (Å²) in [7, 11) is 0. The molecule has 0 aromatic heterocycles. The number of nitrogens with one attached hydrogen (secondary N) is 1. The first-order chi connectivity index (χ1) is 4.09. The van der Waals surface area contributed by atoms with Crippen LogP contribution in [0.5, 0.6) is 0 Å². The summed E-state index contributed by atoms with van der Waals surface area (Å²) in [6.07, 6.45) is -0.470. The Bertz CT molecular complexity index is 93.1. The molecule has 0 aliphatic heterocycles. The highest BCUT2D eigenvalue weighted by Crippen LogP contribution is 2.07. The minimum Gasteiger partial charge on any atom is -0.391 e. The van der Waals surface area contributed by atoms with Gasteiger partial charge in [0.25, 0.3) is 0 Å². The van der Waals surface area contributed by atoms with Gasteiger partial charge >= 0.3 is 0 Å². The van der Waals surface area contributed by atoms with E-state index in [0.717, 1.165) is 0 Å². The fourth-order valence-corrected chi connectivity index (χ4v) is 0.633. The third-order valence-electron chi connectivity index (χ3n) is 1.38. The van der Waals surface area contributed by atoms with Crippen molar-refractivity contribution in [1.82, 2.24) is 0 Å². The van der Waals surface area contributed by atoms with E-state index in [1.54, 1.807) is 6.92 Å². The van der Waals surface area contributed by atoms with E-state index in [0.29, 0.717) is 0 Å². The van der Waals surface area contributed by atoms with Crippen LogP contribution in [-0.4, -0.2) is 17.3 Å². The van der Waals surface area contributed by atoms with Crippen LogP contribution in [0.4, 0.5) is 0 Å². The summed E-state index contributed by atoms with van der Waals surface area (Å²) in [5, 5.41) is 12.4. The van der Waals surface area contributed by atoms with Crippen molar-refractivity contribution in [3.63, 3.8) is 0 Å². The average molecular weight is 130 g/mol. The Labute approximate surface area is 55.6 Å². The zero-order valence-electron chi connectivity index (χ0n) is 6.13. The molecule has 2 N–H and O–H groups in total. The quantitative estimate of drug-likeness (QED) is 0.558. The van der Waals surface area contributed by atoms with Gasteiger partial charge in [0, 0.05) is 0 Å². The molecule has 2 atom stereocenters. The van der Waals surface area contributed by atoms with E-state index < -0.39 is 6.10 Å². The minimum absolute atomic E-state index is 0.189. The van der Waals surface area contributed by atoms with Gasteiger partial charge in [-0.25, -0.2) is 5.53 Å². The summed E-state index contributed by atoms with van der Waals surface area (Å²) in [5.74, 6) is 0.189. The number of aliphatic hydroxyl groups is 1. The van der Waals surface area contributed by atoms with Gasteiger partial charge in [0.1, 0.15) is 0 Å². The second kappa shape index (κ2) is 3.56. The van der Waals surface area contributed by atoms with E-state index in [4.69, 9.17) is 5.53 Å². The smallest absolute Gasteiger partial charge is 0.0938 e. The summed E-state index contributed by atoms with van der Waals surface area (Å²) in [6.45, 7) is 5.55. The van der Waals surface area contributed by atoms with Gasteiger partial charge < -0.3 is 5.11 Å². The van der Waals surface area contributed by atoms with Crippen molar-refractivity contribution < 1.29 is 5.11 Å². The molecule has 9 heavy (non-hydrogen) atoms. The maximum atomic E-state index is 9.18. The SMILES string of the molecule is CC(C)C(O)C(C)N=N. The molecule has 0 amide bonds. The standard InChI is InChI=1S/C6H14N2O/c1-4(2)6(9)5(3)8-7/h4-7,9H,1-3H3. The van der Waals surface area contributed by atoms with Gasteiger partial charge in [0.2, 0.25) is 0 Å². The summed E-state index contributed by atoms with van der Waals surface area (Å²) >= 11 is 0. The lowest BCUT2D eigenvalue weighted by atomic mass is 10.0. The molecule has 0 spiro atoms. The molecule has 3 heteroatoms. The largest absolute Gasteiger partial charge is 0.391 e. The minimum atomic E-state index is -0.470. The first kappa shape index (κ1) is 8.56. The number of hydrogen-bond donors (Lipinski definition) is 2. The van der Waals surface area contributed by atoms with Crippen LogP contribution in [0.3, 0.4) is 0 Å². The van der Waals surface area contributed by atoms with Gasteiger partial charge in [-0.3, -0.25) is 0 Å². The zero-order valence-corrected chi connectivity index (χ0v) is 6.13. The Hall–Kier alpha value is -0.440. The van der Waals surface area contributed by atoms with Crippen molar-refractivity contribution in [3.05, 3.63) is 0 Å². The predicted octanol–water partition coefficient (Wildman–Crippen LogP) is 1.42. The van der Waals surface area contributed by atoms with E-state index in [1.165, 1.54) is 0 Å². The Balaban J connectivity index is 3.71. The van der Waals surface area contributed by atoms with Crippen LogP contribution in [0.1, 0.15) is 20.8 Å². The van der Waals surface area contributed by atoms with Crippen LogP contribution < -0.4 is 0 Å². The number of aliphatic hydroxyl groups excluding tert-OH is 1. The first-order valence-electron chi connectivity index (χ1n) is 3.14. The predicted molar refractivity (Wildman–Crippen MR) is 35.5 cm³/mol. The van der Waals surface area contributed by atoms with Gasteiger partial charge in [0.15, 0.2) is 0 Å². The molecule has 0 aliphatic rings. The van der Waals surface area contributed by atoms with Crippen molar-refractivity contribution in [2.24, 2.45) is 11.0 Å². The lowest BCUT2D eigenvalue weighted by Gasteiger charge is -2.16. The van der Waals surface area contributed by atoms with Crippen LogP contribution >= 0.6 is 0 Å². The van der Waals surface area contributed by atoms with E-state index in [2.05, 4.69) is 5.11 Å². The topological polar surface area (TPSA) is 56.4 Å². The summed E-state index contributed by atoms with van der Waals surface area (Å²) in [4.78, 5) is 0. The molecule has 0 aromatic rings. The molecular weight excluding hydrogens is 116 g/mol. The van der Waals surface area contributed by atoms with Crippen LogP contribution in [0, 0.1) is 11.4 Å². The van der Waals surface area contributed by atoms with Crippen LogP contribution in [0.2, 0.25) is 0 Å². The molecule has 2 unspecified atom stereocenters. The lowest BCUT2D eigenvalue weighted by Crippen LogP contribution is -2.26. The van der Waals surface area contributed by atoms with Crippen LogP contribution in [-0.2, 0) is 0 Å². The molecule has 0 saturated carbocycles. The molecular formula is C6H14N2O. The molecule has 0 aliphatic carbocycles. The molecule has 0 fully saturated rings. The van der Waals surface area contributed by atoms with E-state index in [9.17, 15) is 5.11 Å². The summed E-state index contributed by atoms with van der Waals surface area (Å²) in [5.41, 5.74) is 6.60. The normalized spacial score (nSPS) is 17.4. The van der Waals surface area contributed by atoms with Crippen LogP contribution in [0.15, 0.2) is 5.11 Å². The molecule has 0 rings (SSSR count). The Morgan fingerprint density at radius 2 is 1.78 bits per heavy atom. The van der Waals surface area contributed by atoms with Crippen molar-refractivity contribution in [1.29, 1.82) is 5.53 Å². The van der Waals surface area contributed by atoms with Gasteiger partial charge in [-0.1, -0.05) is 13.8 Å². The Morgan fingerprint density at radius 1 is 1.33 bits per heavy atom. The highest BCUT2D eigenvalue weighted by molar-refractivity contribution is 4.70. The highest BCUT2D eigenvalue weighted by Gasteiger charge is 2.15. The number of hydrogen-bond acceptors (Lipinski definition) is 3. The van der Waals surface area contributed by atoms with E-state index >= 15 is 0 Å². The summed E-state index contributed by atoms with van der Waals surface area (Å²) < 4.78 is 0.